The second-order valence-corrected chi connectivity index (χ2v) is 9.16. The predicted molar refractivity (Wildman–Crippen MR) is 116 cm³/mol. The summed E-state index contributed by atoms with van der Waals surface area (Å²) >= 11 is 5.99. The number of fused-ring (bicyclic) bond motifs is 1. The molecule has 29 heavy (non-hydrogen) atoms. The van der Waals surface area contributed by atoms with Gasteiger partial charge < -0.3 is 19.5 Å². The molecule has 0 bridgehead atoms. The lowest BCUT2D eigenvalue weighted by Crippen LogP contribution is -2.47. The largest absolute Gasteiger partial charge is 0.489 e. The van der Waals surface area contributed by atoms with Crippen molar-refractivity contribution in [2.45, 2.75) is 20.0 Å². The smallest absolute Gasteiger partial charge is 0.161 e. The Balaban J connectivity index is 1.34. The summed E-state index contributed by atoms with van der Waals surface area (Å²) in [5.74, 6) is 1.47. The van der Waals surface area contributed by atoms with E-state index in [1.807, 2.05) is 30.3 Å². The summed E-state index contributed by atoms with van der Waals surface area (Å²) in [7, 11) is 0. The highest BCUT2D eigenvalue weighted by atomic mass is 35.5. The van der Waals surface area contributed by atoms with Crippen LogP contribution in [0.25, 0.3) is 0 Å². The zero-order valence-corrected chi connectivity index (χ0v) is 17.9. The molecule has 1 fully saturated rings. The minimum atomic E-state index is -0.553. The summed E-state index contributed by atoms with van der Waals surface area (Å²) < 4.78 is 11.8. The van der Waals surface area contributed by atoms with E-state index in [9.17, 15) is 5.11 Å². The maximum absolute atomic E-state index is 10.8. The van der Waals surface area contributed by atoms with Crippen LogP contribution in [-0.2, 0) is 0 Å². The molecule has 0 saturated carbocycles. The monoisotopic (exact) mass is 416 g/mol. The molecule has 1 unspecified atom stereocenters. The van der Waals surface area contributed by atoms with E-state index in [4.69, 9.17) is 21.1 Å². The first-order valence-corrected chi connectivity index (χ1v) is 10.6. The Bertz CT molecular complexity index is 833. The van der Waals surface area contributed by atoms with Gasteiger partial charge in [-0.3, -0.25) is 4.90 Å². The topological polar surface area (TPSA) is 45.2 Å². The van der Waals surface area contributed by atoms with Crippen molar-refractivity contribution in [3.8, 4) is 11.5 Å². The van der Waals surface area contributed by atoms with Crippen molar-refractivity contribution >= 4 is 17.3 Å². The van der Waals surface area contributed by atoms with Gasteiger partial charge in [0.05, 0.1) is 19.3 Å². The van der Waals surface area contributed by atoms with Gasteiger partial charge in [-0.1, -0.05) is 31.5 Å². The van der Waals surface area contributed by atoms with Crippen LogP contribution < -0.4 is 14.4 Å². The van der Waals surface area contributed by atoms with E-state index in [2.05, 4.69) is 35.8 Å². The fourth-order valence-electron chi connectivity index (χ4n) is 3.74. The number of piperazine rings is 1. The van der Waals surface area contributed by atoms with Crippen molar-refractivity contribution in [3.05, 3.63) is 53.1 Å². The Kier molecular flexibility index (Phi) is 5.91. The van der Waals surface area contributed by atoms with Crippen LogP contribution in [-0.4, -0.2) is 55.9 Å². The number of β-amino-alcohol motifs (C(OH)–C–C–N with tert-alkyl or cyclic N) is 1. The highest BCUT2D eigenvalue weighted by Gasteiger charge is 2.26. The Morgan fingerprint density at radius 1 is 0.966 bits per heavy atom. The summed E-state index contributed by atoms with van der Waals surface area (Å²) in [6.45, 7) is 9.79. The summed E-state index contributed by atoms with van der Waals surface area (Å²) in [5.41, 5.74) is 2.04. The van der Waals surface area contributed by atoms with Crippen LogP contribution in [0.5, 0.6) is 11.5 Å². The Morgan fingerprint density at radius 3 is 2.31 bits per heavy atom. The summed E-state index contributed by atoms with van der Waals surface area (Å²) in [6, 6.07) is 13.8. The van der Waals surface area contributed by atoms with Crippen LogP contribution in [0.15, 0.2) is 42.5 Å². The number of ether oxygens (including phenoxy) is 2. The molecule has 2 aliphatic rings. The number of aliphatic hydroxyl groups excluding tert-OH is 1. The standard InChI is InChI=1S/C23H29ClN2O3/c1-23(2)15-28-21-8-3-17(13-22(21)29-16-23)20(27)14-25-9-11-26(12-10-25)19-6-4-18(24)5-7-19/h3-8,13,20,27H,9-12,14-16H2,1-2H3. The van der Waals surface area contributed by atoms with Crippen LogP contribution in [0.1, 0.15) is 25.5 Å². The number of benzene rings is 2. The summed E-state index contributed by atoms with van der Waals surface area (Å²) in [4.78, 5) is 4.66. The van der Waals surface area contributed by atoms with Crippen LogP contribution in [0.4, 0.5) is 5.69 Å². The Labute approximate surface area is 177 Å². The molecule has 5 nitrogen and oxygen atoms in total. The van der Waals surface area contributed by atoms with Crippen LogP contribution in [0, 0.1) is 5.41 Å². The molecule has 1 atom stereocenters. The third-order valence-corrected chi connectivity index (χ3v) is 5.84. The van der Waals surface area contributed by atoms with Gasteiger partial charge in [-0.05, 0) is 42.0 Å². The fourth-order valence-corrected chi connectivity index (χ4v) is 3.87. The minimum absolute atomic E-state index is 0.0262. The number of halogens is 1. The van der Waals surface area contributed by atoms with E-state index in [1.54, 1.807) is 0 Å². The quantitative estimate of drug-likeness (QED) is 0.816. The Hall–Kier alpha value is -1.95. The van der Waals surface area contributed by atoms with Gasteiger partial charge >= 0.3 is 0 Å². The van der Waals surface area contributed by atoms with Crippen LogP contribution in [0.2, 0.25) is 5.02 Å². The number of rotatable bonds is 4. The molecule has 0 spiro atoms. The van der Waals surface area contributed by atoms with E-state index < -0.39 is 6.10 Å². The third kappa shape index (κ3) is 4.97. The van der Waals surface area contributed by atoms with Crippen molar-refractivity contribution < 1.29 is 14.6 Å². The molecule has 6 heteroatoms. The third-order valence-electron chi connectivity index (χ3n) is 5.58. The molecule has 1 saturated heterocycles. The van der Waals surface area contributed by atoms with Crippen molar-refractivity contribution in [1.82, 2.24) is 4.90 Å². The van der Waals surface area contributed by atoms with E-state index in [0.717, 1.165) is 48.3 Å². The van der Waals surface area contributed by atoms with Crippen molar-refractivity contribution in [2.24, 2.45) is 5.41 Å². The first-order valence-electron chi connectivity index (χ1n) is 10.2. The number of hydrogen-bond acceptors (Lipinski definition) is 5. The summed E-state index contributed by atoms with van der Waals surface area (Å²) in [6.07, 6.45) is -0.553. The molecular weight excluding hydrogens is 388 g/mol. The zero-order chi connectivity index (χ0) is 20.4. The molecule has 2 aromatic carbocycles. The lowest BCUT2D eigenvalue weighted by molar-refractivity contribution is 0.109. The highest BCUT2D eigenvalue weighted by molar-refractivity contribution is 6.30. The van der Waals surface area contributed by atoms with Gasteiger partial charge in [0.2, 0.25) is 0 Å². The Morgan fingerprint density at radius 2 is 1.62 bits per heavy atom. The van der Waals surface area contributed by atoms with Crippen molar-refractivity contribution in [3.63, 3.8) is 0 Å². The van der Waals surface area contributed by atoms with Gasteiger partial charge in [0.1, 0.15) is 0 Å². The minimum Gasteiger partial charge on any atom is -0.489 e. The van der Waals surface area contributed by atoms with Crippen LogP contribution in [0.3, 0.4) is 0 Å². The maximum atomic E-state index is 10.8. The number of hydrogen-bond donors (Lipinski definition) is 1. The van der Waals surface area contributed by atoms with Gasteiger partial charge in [0.25, 0.3) is 0 Å². The molecule has 0 aromatic heterocycles. The predicted octanol–water partition coefficient (Wildman–Crippen LogP) is 3.99. The average molecular weight is 417 g/mol. The molecule has 156 valence electrons. The first kappa shape index (κ1) is 20.3. The lowest BCUT2D eigenvalue weighted by Gasteiger charge is -2.37. The van der Waals surface area contributed by atoms with Crippen molar-refractivity contribution in [2.75, 3.05) is 50.8 Å². The molecule has 0 amide bonds. The number of aliphatic hydroxyl groups is 1. The SMILES string of the molecule is CC1(C)COc2ccc(C(O)CN3CCN(c4ccc(Cl)cc4)CC3)cc2OC1. The number of anilines is 1. The van der Waals surface area contributed by atoms with Gasteiger partial charge in [-0.25, -0.2) is 0 Å². The maximum Gasteiger partial charge on any atom is 0.161 e. The molecule has 0 aliphatic carbocycles. The normalized spacial score (nSPS) is 20.2. The molecule has 0 radical (unpaired) electrons. The lowest BCUT2D eigenvalue weighted by atomic mass is 9.97. The fraction of sp³-hybridized carbons (Fsp3) is 0.478. The molecule has 2 aliphatic heterocycles. The first-order chi connectivity index (χ1) is 13.9. The van der Waals surface area contributed by atoms with E-state index in [1.165, 1.54) is 5.69 Å². The van der Waals surface area contributed by atoms with Crippen molar-refractivity contribution in [1.29, 1.82) is 0 Å². The number of nitrogens with zero attached hydrogens (tertiary/aromatic N) is 2. The van der Waals surface area contributed by atoms with Gasteiger partial charge in [-0.15, -0.1) is 0 Å². The second kappa shape index (κ2) is 8.42. The van der Waals surface area contributed by atoms with Gasteiger partial charge in [-0.2, -0.15) is 0 Å². The van der Waals surface area contributed by atoms with Crippen LogP contribution >= 0.6 is 11.6 Å². The molecule has 4 rings (SSSR count). The molecular formula is C23H29ClN2O3. The molecule has 1 N–H and O–H groups in total. The van der Waals surface area contributed by atoms with Gasteiger partial charge in [0.15, 0.2) is 11.5 Å². The summed E-state index contributed by atoms with van der Waals surface area (Å²) in [5, 5.41) is 11.6. The average Bonchev–Trinajstić information content (AvgIpc) is 2.87. The zero-order valence-electron chi connectivity index (χ0n) is 17.1. The van der Waals surface area contributed by atoms with E-state index in [-0.39, 0.29) is 5.41 Å². The highest BCUT2D eigenvalue weighted by Crippen LogP contribution is 2.35. The van der Waals surface area contributed by atoms with E-state index >= 15 is 0 Å². The van der Waals surface area contributed by atoms with Gasteiger partial charge in [0, 0.05) is 48.8 Å². The molecule has 2 aromatic rings. The van der Waals surface area contributed by atoms with E-state index in [0.29, 0.717) is 19.8 Å². The second-order valence-electron chi connectivity index (χ2n) is 8.73. The molecule has 2 heterocycles.